The van der Waals surface area contributed by atoms with Crippen molar-refractivity contribution < 1.29 is 0 Å². The van der Waals surface area contributed by atoms with Gasteiger partial charge in [-0.3, -0.25) is 0 Å². The average molecular weight is 550 g/mol. The van der Waals surface area contributed by atoms with E-state index in [-0.39, 0.29) is 0 Å². The largest absolute Gasteiger partial charge is 0.310 e. The Morgan fingerprint density at radius 2 is 0.907 bits per heavy atom. The predicted octanol–water partition coefficient (Wildman–Crippen LogP) is 12.0. The van der Waals surface area contributed by atoms with E-state index in [1.54, 1.807) is 0 Å². The maximum atomic E-state index is 2.37. The van der Waals surface area contributed by atoms with Crippen LogP contribution in [0.5, 0.6) is 0 Å². The van der Waals surface area contributed by atoms with E-state index in [4.69, 9.17) is 0 Å². The van der Waals surface area contributed by atoms with E-state index >= 15 is 0 Å². The summed E-state index contributed by atoms with van der Waals surface area (Å²) in [5.41, 5.74) is 8.42. The smallest absolute Gasteiger partial charge is 0.0540 e. The van der Waals surface area contributed by atoms with Gasteiger partial charge in [-0.1, -0.05) is 132 Å². The summed E-state index contributed by atoms with van der Waals surface area (Å²) in [7, 11) is 0. The number of aryl methyl sites for hydroxylation is 2. The minimum Gasteiger partial charge on any atom is -0.310 e. The van der Waals surface area contributed by atoms with Gasteiger partial charge in [-0.25, -0.2) is 0 Å². The molecule has 0 N–H and O–H groups in total. The minimum atomic E-state index is 1.15. The van der Waals surface area contributed by atoms with Gasteiger partial charge in [0, 0.05) is 16.8 Å². The molecule has 0 spiro atoms. The molecule has 0 aromatic heterocycles. The number of hydrogen-bond acceptors (Lipinski definition) is 1. The maximum absolute atomic E-state index is 2.37. The standard InChI is InChI=1S/C42H31N/c1-28-10-22-35(23-11-28)43(36-24-12-29(2)13-25-36)40-27-21-30(37-8-3-4-9-39(37)40)14-15-31-16-17-34-19-18-32-6-5-7-33-20-26-38(31)42(34)41(32)33/h3-27H,1-2H3. The summed E-state index contributed by atoms with van der Waals surface area (Å²) in [5, 5.41) is 10.3. The van der Waals surface area contributed by atoms with Crippen molar-refractivity contribution in [1.82, 2.24) is 0 Å². The van der Waals surface area contributed by atoms with Gasteiger partial charge < -0.3 is 4.90 Å². The molecule has 204 valence electrons. The van der Waals surface area contributed by atoms with Gasteiger partial charge in [-0.05, 0) is 93.0 Å². The van der Waals surface area contributed by atoms with E-state index < -0.39 is 0 Å². The second-order valence-electron chi connectivity index (χ2n) is 11.6. The van der Waals surface area contributed by atoms with Crippen LogP contribution in [0.25, 0.3) is 55.2 Å². The molecule has 8 aromatic rings. The van der Waals surface area contributed by atoms with Gasteiger partial charge in [-0.2, -0.15) is 0 Å². The normalized spacial score (nSPS) is 11.9. The zero-order chi connectivity index (χ0) is 28.9. The van der Waals surface area contributed by atoms with Gasteiger partial charge in [0.1, 0.15) is 0 Å². The lowest BCUT2D eigenvalue weighted by atomic mass is 9.91. The third-order valence-corrected chi connectivity index (χ3v) is 8.76. The highest BCUT2D eigenvalue weighted by Gasteiger charge is 2.16. The molecule has 0 aliphatic heterocycles. The Hall–Kier alpha value is -5.40. The zero-order valence-corrected chi connectivity index (χ0v) is 24.4. The fourth-order valence-corrected chi connectivity index (χ4v) is 6.54. The fraction of sp³-hybridized carbons (Fsp3) is 0.0476. The quantitative estimate of drug-likeness (QED) is 0.152. The van der Waals surface area contributed by atoms with Crippen molar-refractivity contribution in [3.63, 3.8) is 0 Å². The van der Waals surface area contributed by atoms with Crippen molar-refractivity contribution in [3.8, 4) is 0 Å². The Morgan fingerprint density at radius 3 is 1.56 bits per heavy atom. The van der Waals surface area contributed by atoms with Crippen LogP contribution in [0.1, 0.15) is 22.3 Å². The molecule has 0 saturated heterocycles. The molecule has 0 aliphatic carbocycles. The molecule has 0 amide bonds. The fourth-order valence-electron chi connectivity index (χ4n) is 6.54. The summed E-state index contributed by atoms with van der Waals surface area (Å²) < 4.78 is 0. The van der Waals surface area contributed by atoms with E-state index in [9.17, 15) is 0 Å². The van der Waals surface area contributed by atoms with Crippen molar-refractivity contribution in [2.24, 2.45) is 0 Å². The van der Waals surface area contributed by atoms with Gasteiger partial charge in [0.2, 0.25) is 0 Å². The van der Waals surface area contributed by atoms with Crippen molar-refractivity contribution >= 4 is 72.3 Å². The maximum Gasteiger partial charge on any atom is 0.0540 e. The average Bonchev–Trinajstić information content (AvgIpc) is 3.05. The first kappa shape index (κ1) is 25.3. The predicted molar refractivity (Wildman–Crippen MR) is 187 cm³/mol. The second-order valence-corrected chi connectivity index (χ2v) is 11.6. The van der Waals surface area contributed by atoms with Crippen LogP contribution < -0.4 is 4.90 Å². The van der Waals surface area contributed by atoms with Gasteiger partial charge in [0.15, 0.2) is 0 Å². The first-order chi connectivity index (χ1) is 21.1. The third kappa shape index (κ3) is 4.33. The van der Waals surface area contributed by atoms with Crippen molar-refractivity contribution in [3.05, 3.63) is 162 Å². The highest BCUT2D eigenvalue weighted by atomic mass is 15.1. The monoisotopic (exact) mass is 549 g/mol. The van der Waals surface area contributed by atoms with Gasteiger partial charge >= 0.3 is 0 Å². The Labute approximate surface area is 252 Å². The molecule has 43 heavy (non-hydrogen) atoms. The number of rotatable bonds is 5. The second kappa shape index (κ2) is 10.2. The summed E-state index contributed by atoms with van der Waals surface area (Å²) >= 11 is 0. The molecule has 1 nitrogen and oxygen atoms in total. The zero-order valence-electron chi connectivity index (χ0n) is 24.4. The van der Waals surface area contributed by atoms with E-state index in [0.29, 0.717) is 0 Å². The summed E-state index contributed by atoms with van der Waals surface area (Å²) in [4.78, 5) is 2.37. The Bertz CT molecular complexity index is 2230. The molecule has 0 unspecified atom stereocenters. The first-order valence-electron chi connectivity index (χ1n) is 14.9. The Kier molecular flexibility index (Phi) is 5.98. The van der Waals surface area contributed by atoms with Crippen LogP contribution in [0, 0.1) is 13.8 Å². The minimum absolute atomic E-state index is 1.15. The number of anilines is 3. The van der Waals surface area contributed by atoms with Crippen LogP contribution in [0.3, 0.4) is 0 Å². The molecule has 0 saturated carbocycles. The molecule has 0 radical (unpaired) electrons. The number of benzene rings is 8. The van der Waals surface area contributed by atoms with Gasteiger partial charge in [0.05, 0.1) is 5.69 Å². The summed E-state index contributed by atoms with van der Waals surface area (Å²) in [6.45, 7) is 4.27. The van der Waals surface area contributed by atoms with E-state index in [2.05, 4.69) is 170 Å². The number of fused-ring (bicyclic) bond motifs is 1. The van der Waals surface area contributed by atoms with Crippen molar-refractivity contribution in [1.29, 1.82) is 0 Å². The van der Waals surface area contributed by atoms with Crippen LogP contribution >= 0.6 is 0 Å². The van der Waals surface area contributed by atoms with Crippen LogP contribution in [-0.2, 0) is 0 Å². The highest BCUT2D eigenvalue weighted by molar-refractivity contribution is 6.24. The summed E-state index contributed by atoms with van der Waals surface area (Å²) in [6.07, 6.45) is 4.56. The number of hydrogen-bond donors (Lipinski definition) is 0. The SMILES string of the molecule is Cc1ccc(N(c2ccc(C)cc2)c2ccc(C=Cc3ccc4ccc5cccc6ccc3c4c56)c3ccccc23)cc1. The number of nitrogens with zero attached hydrogens (tertiary/aromatic N) is 1. The van der Waals surface area contributed by atoms with Gasteiger partial charge in [-0.15, -0.1) is 0 Å². The van der Waals surface area contributed by atoms with E-state index in [0.717, 1.165) is 11.4 Å². The molecule has 0 atom stereocenters. The van der Waals surface area contributed by atoms with Crippen LogP contribution in [0.15, 0.2) is 140 Å². The van der Waals surface area contributed by atoms with Crippen molar-refractivity contribution in [2.45, 2.75) is 13.8 Å². The lowest BCUT2D eigenvalue weighted by molar-refractivity contribution is 1.28. The highest BCUT2D eigenvalue weighted by Crippen LogP contribution is 2.41. The van der Waals surface area contributed by atoms with E-state index in [1.165, 1.54) is 71.0 Å². The summed E-state index contributed by atoms with van der Waals surface area (Å²) in [6, 6.07) is 51.0. The summed E-state index contributed by atoms with van der Waals surface area (Å²) in [5.74, 6) is 0. The molecular formula is C42H31N. The Morgan fingerprint density at radius 1 is 0.395 bits per heavy atom. The van der Waals surface area contributed by atoms with Crippen LogP contribution in [0.4, 0.5) is 17.1 Å². The molecule has 0 bridgehead atoms. The lowest BCUT2D eigenvalue weighted by Crippen LogP contribution is -2.10. The molecule has 0 aliphatic rings. The lowest BCUT2D eigenvalue weighted by Gasteiger charge is -2.27. The molecule has 1 heteroatoms. The molecule has 8 aromatic carbocycles. The van der Waals surface area contributed by atoms with Crippen molar-refractivity contribution in [2.75, 3.05) is 4.90 Å². The van der Waals surface area contributed by atoms with Gasteiger partial charge in [0.25, 0.3) is 0 Å². The van der Waals surface area contributed by atoms with E-state index in [1.807, 2.05) is 0 Å². The third-order valence-electron chi connectivity index (χ3n) is 8.76. The van der Waals surface area contributed by atoms with Crippen LogP contribution in [0.2, 0.25) is 0 Å². The topological polar surface area (TPSA) is 3.24 Å². The molecule has 0 fully saturated rings. The Balaban J connectivity index is 1.27. The molecule has 8 rings (SSSR count). The molecule has 0 heterocycles. The van der Waals surface area contributed by atoms with Crippen LogP contribution in [-0.4, -0.2) is 0 Å². The molecular weight excluding hydrogens is 518 g/mol. The first-order valence-corrected chi connectivity index (χ1v) is 14.9.